The Kier molecular flexibility index (Phi) is 5.08. The molecular weight excluding hydrogens is 416 g/mol. The summed E-state index contributed by atoms with van der Waals surface area (Å²) in [6, 6.07) is 6.13. The third-order valence-corrected chi connectivity index (χ3v) is 5.57. The van der Waals surface area contributed by atoms with Gasteiger partial charge in [0, 0.05) is 11.8 Å². The number of nitrogens with zero attached hydrogens (tertiary/aromatic N) is 1. The number of aliphatic imine (C=N–C) groups is 1. The molecule has 0 radical (unpaired) electrons. The molecule has 156 valence electrons. The zero-order valence-corrected chi connectivity index (χ0v) is 16.0. The Morgan fingerprint density at radius 3 is 2.28 bits per heavy atom. The van der Waals surface area contributed by atoms with Crippen molar-refractivity contribution >= 4 is 15.7 Å². The van der Waals surface area contributed by atoms with Crippen LogP contribution in [0, 0.1) is 5.82 Å². The first-order valence-electron chi connectivity index (χ1n) is 8.16. The van der Waals surface area contributed by atoms with Gasteiger partial charge in [-0.2, -0.15) is 13.2 Å². The highest BCUT2D eigenvalue weighted by atomic mass is 32.2. The van der Waals surface area contributed by atoms with E-state index in [9.17, 15) is 31.1 Å². The third-order valence-electron chi connectivity index (χ3n) is 4.44. The first-order chi connectivity index (χ1) is 13.4. The molecule has 0 saturated heterocycles. The molecule has 2 atom stereocenters. The zero-order valence-electron chi connectivity index (χ0n) is 15.2. The second-order valence-corrected chi connectivity index (χ2v) is 8.48. The maximum Gasteiger partial charge on any atom is 0.439 e. The monoisotopic (exact) mass is 432 g/mol. The fourth-order valence-corrected chi connectivity index (χ4v) is 3.53. The van der Waals surface area contributed by atoms with Gasteiger partial charge in [-0.15, -0.1) is 0 Å². The number of sulfone groups is 1. The van der Waals surface area contributed by atoms with Gasteiger partial charge in [0.05, 0.1) is 12.0 Å². The van der Waals surface area contributed by atoms with E-state index >= 15 is 0 Å². The maximum atomic E-state index is 14.0. The normalized spacial score (nSPS) is 22.2. The molecule has 29 heavy (non-hydrogen) atoms. The molecule has 1 aliphatic rings. The van der Waals surface area contributed by atoms with E-state index in [1.54, 1.807) is 0 Å². The van der Waals surface area contributed by atoms with Gasteiger partial charge in [0.25, 0.3) is 5.72 Å². The zero-order chi connectivity index (χ0) is 21.6. The molecule has 1 aliphatic heterocycles. The molecule has 6 nitrogen and oxygen atoms in total. The first kappa shape index (κ1) is 21.1. The molecule has 0 saturated carbocycles. The lowest BCUT2D eigenvalue weighted by atomic mass is 9.97. The number of amidine groups is 1. The van der Waals surface area contributed by atoms with Crippen molar-refractivity contribution in [2.24, 2.45) is 4.99 Å². The van der Waals surface area contributed by atoms with Crippen LogP contribution >= 0.6 is 0 Å². The van der Waals surface area contributed by atoms with Gasteiger partial charge in [-0.05, 0) is 35.9 Å². The van der Waals surface area contributed by atoms with Crippen LogP contribution in [0.1, 0.15) is 17.2 Å². The molecular formula is C18H16F4N2O4S. The molecule has 1 heterocycles. The van der Waals surface area contributed by atoms with E-state index in [4.69, 9.17) is 4.74 Å². The highest BCUT2D eigenvalue weighted by molar-refractivity contribution is 7.90. The molecule has 2 unspecified atom stereocenters. The molecule has 2 N–H and O–H groups in total. The number of alkyl halides is 3. The SMILES string of the molecule is COc1ccc(C2=NC(c3ccc(S(C)(=O)=O)cc3)C(O)(C(F)(F)F)N2)cc1F. The van der Waals surface area contributed by atoms with Gasteiger partial charge >= 0.3 is 6.18 Å². The summed E-state index contributed by atoms with van der Waals surface area (Å²) >= 11 is 0. The fraction of sp³-hybridized carbons (Fsp3) is 0.278. The van der Waals surface area contributed by atoms with Gasteiger partial charge in [0.1, 0.15) is 11.9 Å². The predicted molar refractivity (Wildman–Crippen MR) is 95.9 cm³/mol. The summed E-state index contributed by atoms with van der Waals surface area (Å²) in [5, 5.41) is 12.3. The van der Waals surface area contributed by atoms with E-state index in [-0.39, 0.29) is 27.6 Å². The smallest absolute Gasteiger partial charge is 0.439 e. The van der Waals surface area contributed by atoms with Crippen LogP contribution in [-0.2, 0) is 9.84 Å². The number of ether oxygens (including phenoxy) is 1. The summed E-state index contributed by atoms with van der Waals surface area (Å²) in [4.78, 5) is 3.82. The molecule has 0 fully saturated rings. The van der Waals surface area contributed by atoms with Crippen molar-refractivity contribution in [2.75, 3.05) is 13.4 Å². The number of nitrogens with one attached hydrogen (secondary N) is 1. The van der Waals surface area contributed by atoms with Crippen molar-refractivity contribution in [3.8, 4) is 5.75 Å². The molecule has 0 aromatic heterocycles. The lowest BCUT2D eigenvalue weighted by Crippen LogP contribution is -2.58. The van der Waals surface area contributed by atoms with Crippen LogP contribution in [0.5, 0.6) is 5.75 Å². The van der Waals surface area contributed by atoms with E-state index in [0.717, 1.165) is 36.6 Å². The minimum absolute atomic E-state index is 0.0266. The Hall–Kier alpha value is -2.66. The highest BCUT2D eigenvalue weighted by Crippen LogP contribution is 2.44. The van der Waals surface area contributed by atoms with E-state index in [1.165, 1.54) is 19.2 Å². The Bertz CT molecular complexity index is 1070. The number of methoxy groups -OCH3 is 1. The summed E-state index contributed by atoms with van der Waals surface area (Å²) in [6.45, 7) is 0. The molecule has 0 amide bonds. The minimum atomic E-state index is -5.14. The van der Waals surface area contributed by atoms with E-state index in [1.807, 2.05) is 5.32 Å². The van der Waals surface area contributed by atoms with Gasteiger partial charge in [-0.1, -0.05) is 12.1 Å². The molecule has 3 rings (SSSR count). The minimum Gasteiger partial charge on any atom is -0.494 e. The molecule has 2 aromatic rings. The first-order valence-corrected chi connectivity index (χ1v) is 10.0. The summed E-state index contributed by atoms with van der Waals surface area (Å²) in [6.07, 6.45) is -4.18. The van der Waals surface area contributed by atoms with Crippen LogP contribution in [0.4, 0.5) is 17.6 Å². The van der Waals surface area contributed by atoms with Crippen LogP contribution < -0.4 is 10.1 Å². The van der Waals surface area contributed by atoms with Crippen molar-refractivity contribution in [3.63, 3.8) is 0 Å². The second kappa shape index (κ2) is 6.99. The number of benzene rings is 2. The van der Waals surface area contributed by atoms with Crippen molar-refractivity contribution in [2.45, 2.75) is 22.8 Å². The lowest BCUT2D eigenvalue weighted by molar-refractivity contribution is -0.271. The number of aliphatic hydroxyl groups is 1. The van der Waals surface area contributed by atoms with Crippen LogP contribution in [0.15, 0.2) is 52.4 Å². The summed E-state index contributed by atoms with van der Waals surface area (Å²) in [7, 11) is -2.32. The fourth-order valence-electron chi connectivity index (χ4n) is 2.90. The Balaban J connectivity index is 2.07. The topological polar surface area (TPSA) is 88.0 Å². The van der Waals surface area contributed by atoms with Crippen molar-refractivity contribution in [1.82, 2.24) is 5.32 Å². The van der Waals surface area contributed by atoms with E-state index in [0.29, 0.717) is 0 Å². The number of rotatable bonds is 4. The maximum absolute atomic E-state index is 14.0. The Labute approximate surface area is 163 Å². The average molecular weight is 432 g/mol. The van der Waals surface area contributed by atoms with Gasteiger partial charge in [0.15, 0.2) is 21.4 Å². The number of hydrogen-bond acceptors (Lipinski definition) is 6. The highest BCUT2D eigenvalue weighted by Gasteiger charge is 2.63. The van der Waals surface area contributed by atoms with Crippen LogP contribution in [0.25, 0.3) is 0 Å². The Morgan fingerprint density at radius 1 is 1.17 bits per heavy atom. The molecule has 0 bridgehead atoms. The lowest BCUT2D eigenvalue weighted by Gasteiger charge is -2.31. The summed E-state index contributed by atoms with van der Waals surface area (Å²) < 4.78 is 82.8. The number of halogens is 4. The summed E-state index contributed by atoms with van der Waals surface area (Å²) in [5.41, 5.74) is -3.57. The van der Waals surface area contributed by atoms with Crippen LogP contribution in [0.2, 0.25) is 0 Å². The largest absolute Gasteiger partial charge is 0.494 e. The van der Waals surface area contributed by atoms with Crippen molar-refractivity contribution in [1.29, 1.82) is 0 Å². The van der Waals surface area contributed by atoms with E-state index in [2.05, 4.69) is 4.99 Å². The molecule has 0 aliphatic carbocycles. The molecule has 2 aromatic carbocycles. The van der Waals surface area contributed by atoms with Crippen LogP contribution in [-0.4, -0.2) is 44.6 Å². The van der Waals surface area contributed by atoms with Crippen molar-refractivity contribution in [3.05, 3.63) is 59.4 Å². The Morgan fingerprint density at radius 2 is 1.79 bits per heavy atom. The predicted octanol–water partition coefficient (Wildman–Crippen LogP) is 2.58. The number of hydrogen-bond donors (Lipinski definition) is 2. The molecule has 11 heteroatoms. The van der Waals surface area contributed by atoms with Gasteiger partial charge in [-0.3, -0.25) is 4.99 Å². The standard InChI is InChI=1S/C18H16F4N2O4S/c1-28-14-8-5-11(9-13(14)19)16-23-15(17(25,24-16)18(20,21)22)10-3-6-12(7-4-10)29(2,26)27/h3-9,15,25H,1-2H3,(H,23,24). The van der Waals surface area contributed by atoms with Crippen molar-refractivity contribution < 1.29 is 35.8 Å². The average Bonchev–Trinajstić information content (AvgIpc) is 3.00. The van der Waals surface area contributed by atoms with Gasteiger partial charge in [0.2, 0.25) is 0 Å². The van der Waals surface area contributed by atoms with Crippen LogP contribution in [0.3, 0.4) is 0 Å². The van der Waals surface area contributed by atoms with Gasteiger partial charge < -0.3 is 15.2 Å². The second-order valence-electron chi connectivity index (χ2n) is 6.46. The quantitative estimate of drug-likeness (QED) is 0.726. The third kappa shape index (κ3) is 3.79. The summed E-state index contributed by atoms with van der Waals surface area (Å²) in [5.74, 6) is -1.29. The molecule has 0 spiro atoms. The van der Waals surface area contributed by atoms with Gasteiger partial charge in [-0.25, -0.2) is 12.8 Å². The van der Waals surface area contributed by atoms with E-state index < -0.39 is 33.6 Å².